The van der Waals surface area contributed by atoms with Gasteiger partial charge < -0.3 is 10.0 Å². The molecule has 0 aromatic heterocycles. The number of fused-ring (bicyclic) bond motifs is 1. The Morgan fingerprint density at radius 3 is 2.70 bits per heavy atom. The Kier molecular flexibility index (Phi) is 4.39. The van der Waals surface area contributed by atoms with E-state index in [0.717, 1.165) is 29.7 Å². The van der Waals surface area contributed by atoms with Gasteiger partial charge in [0.05, 0.1) is 19.1 Å². The Balaban J connectivity index is 1.80. The number of hydrogen-bond donors (Lipinski definition) is 1. The van der Waals surface area contributed by atoms with Gasteiger partial charge in [0.15, 0.2) is 11.6 Å². The number of carbonyl (C=O) groups excluding carboxylic acids is 1. The van der Waals surface area contributed by atoms with Crippen LogP contribution in [0, 0.1) is 11.6 Å². The number of aliphatic hydroxyl groups excluding tert-OH is 1. The molecule has 0 saturated heterocycles. The molecule has 0 aliphatic carbocycles. The zero-order valence-electron chi connectivity index (χ0n) is 12.5. The van der Waals surface area contributed by atoms with E-state index in [4.69, 9.17) is 0 Å². The van der Waals surface area contributed by atoms with Crippen LogP contribution in [0.4, 0.5) is 8.78 Å². The highest BCUT2D eigenvalue weighted by Gasteiger charge is 2.29. The van der Waals surface area contributed by atoms with Gasteiger partial charge in [0.2, 0.25) is 5.91 Å². The van der Waals surface area contributed by atoms with Crippen LogP contribution in [0.25, 0.3) is 0 Å². The first-order valence-electron chi connectivity index (χ1n) is 7.52. The molecule has 0 saturated carbocycles. The maximum absolute atomic E-state index is 13.3. The first-order valence-corrected chi connectivity index (χ1v) is 7.52. The highest BCUT2D eigenvalue weighted by atomic mass is 19.2. The van der Waals surface area contributed by atoms with Crippen LogP contribution in [-0.2, 0) is 17.6 Å². The van der Waals surface area contributed by atoms with E-state index in [1.54, 1.807) is 4.90 Å². The van der Waals surface area contributed by atoms with E-state index in [2.05, 4.69) is 0 Å². The second kappa shape index (κ2) is 6.46. The molecule has 0 spiro atoms. The number of benzene rings is 2. The smallest absolute Gasteiger partial charge is 0.227 e. The van der Waals surface area contributed by atoms with Crippen LogP contribution in [-0.4, -0.2) is 29.1 Å². The molecular formula is C18H17F2NO2. The maximum atomic E-state index is 13.3. The van der Waals surface area contributed by atoms with Crippen molar-refractivity contribution in [2.45, 2.75) is 18.9 Å². The van der Waals surface area contributed by atoms with E-state index >= 15 is 0 Å². The van der Waals surface area contributed by atoms with E-state index < -0.39 is 17.7 Å². The van der Waals surface area contributed by atoms with Crippen molar-refractivity contribution in [2.24, 2.45) is 0 Å². The van der Waals surface area contributed by atoms with Crippen molar-refractivity contribution in [2.75, 3.05) is 13.2 Å². The maximum Gasteiger partial charge on any atom is 0.227 e. The summed E-state index contributed by atoms with van der Waals surface area (Å²) in [5.74, 6) is -2.09. The van der Waals surface area contributed by atoms with E-state index in [9.17, 15) is 18.7 Å². The van der Waals surface area contributed by atoms with Crippen molar-refractivity contribution in [3.8, 4) is 0 Å². The highest BCUT2D eigenvalue weighted by Crippen LogP contribution is 2.29. The summed E-state index contributed by atoms with van der Waals surface area (Å²) in [4.78, 5) is 14.2. The topological polar surface area (TPSA) is 40.5 Å². The van der Waals surface area contributed by atoms with Gasteiger partial charge in [-0.05, 0) is 35.2 Å². The second-order valence-corrected chi connectivity index (χ2v) is 5.66. The molecule has 1 aliphatic heterocycles. The lowest BCUT2D eigenvalue weighted by molar-refractivity contribution is -0.134. The molecule has 2 aromatic rings. The Morgan fingerprint density at radius 2 is 1.96 bits per heavy atom. The number of amides is 1. The third-order valence-electron chi connectivity index (χ3n) is 4.25. The van der Waals surface area contributed by atoms with Crippen molar-refractivity contribution in [3.05, 3.63) is 70.8 Å². The molecule has 0 fully saturated rings. The molecule has 3 rings (SSSR count). The minimum absolute atomic E-state index is 0.0180. The summed E-state index contributed by atoms with van der Waals surface area (Å²) in [5.41, 5.74) is 2.49. The predicted octanol–water partition coefficient (Wildman–Crippen LogP) is 2.63. The standard InChI is InChI=1S/C18H17F2NO2/c19-15-6-5-12(9-16(15)20)10-18(23)21-8-7-13-3-1-2-4-14(13)17(21)11-22/h1-6,9,17,22H,7-8,10-11H2. The molecule has 1 amide bonds. The molecule has 120 valence electrons. The fourth-order valence-electron chi connectivity index (χ4n) is 3.07. The quantitative estimate of drug-likeness (QED) is 0.945. The molecule has 5 heteroatoms. The number of rotatable bonds is 3. The molecule has 1 N–H and O–H groups in total. The molecule has 1 heterocycles. The van der Waals surface area contributed by atoms with Crippen LogP contribution in [0.1, 0.15) is 22.7 Å². The van der Waals surface area contributed by atoms with Gasteiger partial charge in [-0.3, -0.25) is 4.79 Å². The van der Waals surface area contributed by atoms with E-state index in [1.807, 2.05) is 24.3 Å². The van der Waals surface area contributed by atoms with Crippen molar-refractivity contribution >= 4 is 5.91 Å². The SMILES string of the molecule is O=C(Cc1ccc(F)c(F)c1)N1CCc2ccccc2C1CO. The van der Waals surface area contributed by atoms with Gasteiger partial charge in [-0.25, -0.2) is 8.78 Å². The summed E-state index contributed by atoms with van der Waals surface area (Å²) in [5, 5.41) is 9.70. The second-order valence-electron chi connectivity index (χ2n) is 5.66. The molecule has 0 bridgehead atoms. The Morgan fingerprint density at radius 1 is 1.17 bits per heavy atom. The lowest BCUT2D eigenvalue weighted by Crippen LogP contribution is -2.42. The molecule has 1 unspecified atom stereocenters. The molecule has 23 heavy (non-hydrogen) atoms. The third kappa shape index (κ3) is 3.10. The number of carbonyl (C=O) groups is 1. The van der Waals surface area contributed by atoms with Crippen LogP contribution in [0.2, 0.25) is 0 Å². The average Bonchev–Trinajstić information content (AvgIpc) is 2.57. The summed E-state index contributed by atoms with van der Waals surface area (Å²) >= 11 is 0. The summed E-state index contributed by atoms with van der Waals surface area (Å²) in [6.45, 7) is 0.339. The lowest BCUT2D eigenvalue weighted by Gasteiger charge is -2.36. The van der Waals surface area contributed by atoms with Crippen molar-refractivity contribution in [1.29, 1.82) is 0 Å². The largest absolute Gasteiger partial charge is 0.394 e. The fraction of sp³-hybridized carbons (Fsp3) is 0.278. The monoisotopic (exact) mass is 317 g/mol. The number of halogens is 2. The van der Waals surface area contributed by atoms with Crippen LogP contribution in [0.3, 0.4) is 0 Å². The summed E-state index contributed by atoms with van der Waals surface area (Å²) in [7, 11) is 0. The normalized spacial score (nSPS) is 17.0. The van der Waals surface area contributed by atoms with Crippen LogP contribution < -0.4 is 0 Å². The van der Waals surface area contributed by atoms with Gasteiger partial charge in [-0.1, -0.05) is 30.3 Å². The first-order chi connectivity index (χ1) is 11.1. The molecular weight excluding hydrogens is 300 g/mol. The minimum Gasteiger partial charge on any atom is -0.394 e. The molecule has 1 aliphatic rings. The van der Waals surface area contributed by atoms with Gasteiger partial charge in [0.25, 0.3) is 0 Å². The average molecular weight is 317 g/mol. The van der Waals surface area contributed by atoms with E-state index in [1.165, 1.54) is 6.07 Å². The summed E-state index contributed by atoms with van der Waals surface area (Å²) < 4.78 is 26.2. The fourth-order valence-corrected chi connectivity index (χ4v) is 3.07. The van der Waals surface area contributed by atoms with Crippen LogP contribution in [0.5, 0.6) is 0 Å². The van der Waals surface area contributed by atoms with Gasteiger partial charge >= 0.3 is 0 Å². The van der Waals surface area contributed by atoms with Crippen molar-refractivity contribution in [3.63, 3.8) is 0 Å². The van der Waals surface area contributed by atoms with Gasteiger partial charge in [0, 0.05) is 6.54 Å². The Hall–Kier alpha value is -2.27. The van der Waals surface area contributed by atoms with Gasteiger partial charge in [-0.2, -0.15) is 0 Å². The Bertz CT molecular complexity index is 733. The number of nitrogens with zero attached hydrogens (tertiary/aromatic N) is 1. The summed E-state index contributed by atoms with van der Waals surface area (Å²) in [6.07, 6.45) is 0.700. The van der Waals surface area contributed by atoms with Gasteiger partial charge in [0.1, 0.15) is 0 Å². The molecule has 0 radical (unpaired) electrons. The summed E-state index contributed by atoms with van der Waals surface area (Å²) in [6, 6.07) is 10.8. The molecule has 3 nitrogen and oxygen atoms in total. The van der Waals surface area contributed by atoms with E-state index in [-0.39, 0.29) is 18.9 Å². The first kappa shape index (κ1) is 15.6. The van der Waals surface area contributed by atoms with Crippen molar-refractivity contribution in [1.82, 2.24) is 4.90 Å². The number of aliphatic hydroxyl groups is 1. The Labute approximate surface area is 133 Å². The highest BCUT2D eigenvalue weighted by molar-refractivity contribution is 5.79. The van der Waals surface area contributed by atoms with Crippen LogP contribution >= 0.6 is 0 Å². The third-order valence-corrected chi connectivity index (χ3v) is 4.25. The van der Waals surface area contributed by atoms with E-state index in [0.29, 0.717) is 12.1 Å². The number of hydrogen-bond acceptors (Lipinski definition) is 2. The van der Waals surface area contributed by atoms with Crippen molar-refractivity contribution < 1.29 is 18.7 Å². The zero-order chi connectivity index (χ0) is 16.4. The lowest BCUT2D eigenvalue weighted by atomic mass is 9.92. The zero-order valence-corrected chi connectivity index (χ0v) is 12.5. The minimum atomic E-state index is -0.960. The van der Waals surface area contributed by atoms with Crippen LogP contribution in [0.15, 0.2) is 42.5 Å². The predicted molar refractivity (Wildman–Crippen MR) is 81.7 cm³/mol. The molecule has 2 aromatic carbocycles. The van der Waals surface area contributed by atoms with Gasteiger partial charge in [-0.15, -0.1) is 0 Å². The molecule has 1 atom stereocenters.